The third-order valence-electron chi connectivity index (χ3n) is 4.97. The minimum absolute atomic E-state index is 0.149. The topological polar surface area (TPSA) is 74.0 Å². The molecule has 1 N–H and O–H groups in total. The van der Waals surface area contributed by atoms with Crippen LogP contribution in [0.15, 0.2) is 48.8 Å². The van der Waals surface area contributed by atoms with E-state index >= 15 is 0 Å². The normalized spacial score (nSPS) is 11.6. The minimum atomic E-state index is -0.149. The van der Waals surface area contributed by atoms with Gasteiger partial charge in [-0.25, -0.2) is 9.97 Å². The SMILES string of the molecule is COCCCNC(=O)c1cc2c(c3ccccc3n2C(C)C)n1-c1ncccn1. The molecule has 0 unspecified atom stereocenters. The molecule has 0 atom stereocenters. The molecule has 0 saturated carbocycles. The van der Waals surface area contributed by atoms with Crippen molar-refractivity contribution in [2.45, 2.75) is 26.3 Å². The number of hydrogen-bond acceptors (Lipinski definition) is 4. The number of carbonyl (C=O) groups excluding carboxylic acids is 1. The number of fused-ring (bicyclic) bond motifs is 3. The van der Waals surface area contributed by atoms with E-state index in [2.05, 4.69) is 45.8 Å². The summed E-state index contributed by atoms with van der Waals surface area (Å²) in [6.07, 6.45) is 4.14. The van der Waals surface area contributed by atoms with E-state index in [1.807, 2.05) is 22.8 Å². The number of rotatable bonds is 7. The summed E-state index contributed by atoms with van der Waals surface area (Å²) in [5.41, 5.74) is 3.60. The van der Waals surface area contributed by atoms with Gasteiger partial charge in [0, 0.05) is 44.1 Å². The summed E-state index contributed by atoms with van der Waals surface area (Å²) >= 11 is 0. The van der Waals surface area contributed by atoms with Crippen molar-refractivity contribution in [2.24, 2.45) is 0 Å². The van der Waals surface area contributed by atoms with Gasteiger partial charge in [0.1, 0.15) is 5.69 Å². The van der Waals surface area contributed by atoms with Crippen molar-refractivity contribution in [2.75, 3.05) is 20.3 Å². The van der Waals surface area contributed by atoms with Crippen LogP contribution in [0.5, 0.6) is 0 Å². The number of amides is 1. The first kappa shape index (κ1) is 19.1. The third kappa shape index (κ3) is 3.38. The Morgan fingerprint density at radius 1 is 1.14 bits per heavy atom. The molecule has 29 heavy (non-hydrogen) atoms. The van der Waals surface area contributed by atoms with Crippen molar-refractivity contribution in [1.82, 2.24) is 24.4 Å². The van der Waals surface area contributed by atoms with Crippen molar-refractivity contribution in [3.05, 3.63) is 54.5 Å². The van der Waals surface area contributed by atoms with Crippen LogP contribution >= 0.6 is 0 Å². The average molecular weight is 391 g/mol. The molecule has 7 heteroatoms. The number of benzene rings is 1. The van der Waals surface area contributed by atoms with Crippen LogP contribution in [0.3, 0.4) is 0 Å². The second kappa shape index (κ2) is 8.05. The molecule has 4 aromatic rings. The lowest BCUT2D eigenvalue weighted by Gasteiger charge is -2.11. The van der Waals surface area contributed by atoms with Gasteiger partial charge in [0.25, 0.3) is 5.91 Å². The molecule has 0 bridgehead atoms. The van der Waals surface area contributed by atoms with E-state index in [0.717, 1.165) is 28.4 Å². The van der Waals surface area contributed by atoms with E-state index in [4.69, 9.17) is 4.74 Å². The fraction of sp³-hybridized carbons (Fsp3) is 0.318. The predicted octanol–water partition coefficient (Wildman–Crippen LogP) is 3.72. The lowest BCUT2D eigenvalue weighted by Crippen LogP contribution is -2.27. The van der Waals surface area contributed by atoms with Gasteiger partial charge in [-0.1, -0.05) is 18.2 Å². The van der Waals surface area contributed by atoms with Crippen LogP contribution in [0.4, 0.5) is 0 Å². The molecule has 7 nitrogen and oxygen atoms in total. The molecule has 0 saturated heterocycles. The number of nitrogens with zero attached hydrogens (tertiary/aromatic N) is 4. The van der Waals surface area contributed by atoms with Crippen molar-refractivity contribution >= 4 is 27.8 Å². The Morgan fingerprint density at radius 2 is 1.90 bits per heavy atom. The van der Waals surface area contributed by atoms with E-state index in [1.165, 1.54) is 0 Å². The highest BCUT2D eigenvalue weighted by Gasteiger charge is 2.24. The van der Waals surface area contributed by atoms with Crippen LogP contribution in [0.2, 0.25) is 0 Å². The molecule has 1 amide bonds. The Kier molecular flexibility index (Phi) is 5.31. The Hall–Kier alpha value is -3.19. The summed E-state index contributed by atoms with van der Waals surface area (Å²) in [5.74, 6) is 0.334. The summed E-state index contributed by atoms with van der Waals surface area (Å²) in [5, 5.41) is 4.06. The molecule has 3 heterocycles. The highest BCUT2D eigenvalue weighted by Crippen LogP contribution is 2.35. The van der Waals surface area contributed by atoms with Gasteiger partial charge in [-0.2, -0.15) is 0 Å². The largest absolute Gasteiger partial charge is 0.385 e. The number of para-hydroxylation sites is 1. The summed E-state index contributed by atoms with van der Waals surface area (Å²) in [7, 11) is 1.65. The van der Waals surface area contributed by atoms with Gasteiger partial charge in [-0.05, 0) is 38.5 Å². The van der Waals surface area contributed by atoms with Crippen LogP contribution in [0, 0.1) is 0 Å². The molecule has 4 rings (SSSR count). The van der Waals surface area contributed by atoms with E-state index in [1.54, 1.807) is 25.6 Å². The number of nitrogens with one attached hydrogen (secondary N) is 1. The second-order valence-corrected chi connectivity index (χ2v) is 7.23. The first-order chi connectivity index (χ1) is 14.1. The minimum Gasteiger partial charge on any atom is -0.385 e. The van der Waals surface area contributed by atoms with Gasteiger partial charge in [-0.3, -0.25) is 9.36 Å². The number of carbonyl (C=O) groups is 1. The second-order valence-electron chi connectivity index (χ2n) is 7.23. The molecule has 1 aromatic carbocycles. The van der Waals surface area contributed by atoms with Crippen molar-refractivity contribution in [1.29, 1.82) is 0 Å². The Balaban J connectivity index is 1.94. The summed E-state index contributed by atoms with van der Waals surface area (Å²) in [6, 6.07) is 12.2. The monoisotopic (exact) mass is 391 g/mol. The maximum absolute atomic E-state index is 13.0. The van der Waals surface area contributed by atoms with Gasteiger partial charge in [0.2, 0.25) is 5.95 Å². The molecule has 0 radical (unpaired) electrons. The smallest absolute Gasteiger partial charge is 0.268 e. The molecule has 150 valence electrons. The highest BCUT2D eigenvalue weighted by molar-refractivity contribution is 6.11. The van der Waals surface area contributed by atoms with Gasteiger partial charge < -0.3 is 14.6 Å². The quantitative estimate of drug-likeness (QED) is 0.487. The summed E-state index contributed by atoms with van der Waals surface area (Å²) in [6.45, 7) is 5.44. The third-order valence-corrected chi connectivity index (χ3v) is 4.97. The number of methoxy groups -OCH3 is 1. The molecular formula is C22H25N5O2. The Morgan fingerprint density at radius 3 is 2.62 bits per heavy atom. The lowest BCUT2D eigenvalue weighted by molar-refractivity contribution is 0.0942. The average Bonchev–Trinajstić information content (AvgIpc) is 3.26. The Bertz CT molecular complexity index is 1140. The van der Waals surface area contributed by atoms with Crippen molar-refractivity contribution in [3.8, 4) is 5.95 Å². The molecule has 0 fully saturated rings. The molecule has 3 aromatic heterocycles. The summed E-state index contributed by atoms with van der Waals surface area (Å²) < 4.78 is 9.19. The zero-order chi connectivity index (χ0) is 20.4. The standard InChI is InChI=1S/C22H25N5O2/c1-15(2)26-17-9-5-4-8-16(17)20-18(26)14-19(21(28)23-12-7-13-29-3)27(20)22-24-10-6-11-25-22/h4-6,8-11,14-15H,7,12-13H2,1-3H3,(H,23,28). The number of hydrogen-bond donors (Lipinski definition) is 1. The van der Waals surface area contributed by atoms with E-state index < -0.39 is 0 Å². The molecule has 0 aliphatic rings. The maximum Gasteiger partial charge on any atom is 0.268 e. The van der Waals surface area contributed by atoms with E-state index in [9.17, 15) is 4.79 Å². The van der Waals surface area contributed by atoms with Gasteiger partial charge in [-0.15, -0.1) is 0 Å². The van der Waals surface area contributed by atoms with Crippen LogP contribution in [0.25, 0.3) is 27.9 Å². The van der Waals surface area contributed by atoms with Crippen LogP contribution < -0.4 is 5.32 Å². The summed E-state index contributed by atoms with van der Waals surface area (Å²) in [4.78, 5) is 21.9. The molecule has 0 aliphatic carbocycles. The van der Waals surface area contributed by atoms with Crippen molar-refractivity contribution < 1.29 is 9.53 Å². The Labute approximate surface area is 169 Å². The molecule has 0 spiro atoms. The van der Waals surface area contributed by atoms with Crippen LogP contribution in [-0.4, -0.2) is 45.3 Å². The van der Waals surface area contributed by atoms with Crippen LogP contribution in [-0.2, 0) is 4.74 Å². The van der Waals surface area contributed by atoms with Gasteiger partial charge >= 0.3 is 0 Å². The maximum atomic E-state index is 13.0. The lowest BCUT2D eigenvalue weighted by atomic mass is 10.2. The fourth-order valence-corrected chi connectivity index (χ4v) is 3.80. The highest BCUT2D eigenvalue weighted by atomic mass is 16.5. The predicted molar refractivity (Wildman–Crippen MR) is 114 cm³/mol. The van der Waals surface area contributed by atoms with E-state index in [-0.39, 0.29) is 11.9 Å². The van der Waals surface area contributed by atoms with Gasteiger partial charge in [0.15, 0.2) is 0 Å². The number of aromatic nitrogens is 4. The fourth-order valence-electron chi connectivity index (χ4n) is 3.80. The zero-order valence-corrected chi connectivity index (χ0v) is 16.9. The molecular weight excluding hydrogens is 366 g/mol. The van der Waals surface area contributed by atoms with E-state index in [0.29, 0.717) is 24.8 Å². The van der Waals surface area contributed by atoms with Crippen molar-refractivity contribution in [3.63, 3.8) is 0 Å². The van der Waals surface area contributed by atoms with Gasteiger partial charge in [0.05, 0.1) is 16.6 Å². The number of ether oxygens (including phenoxy) is 1. The van der Waals surface area contributed by atoms with Crippen LogP contribution in [0.1, 0.15) is 36.8 Å². The molecule has 0 aliphatic heterocycles. The first-order valence-electron chi connectivity index (χ1n) is 9.82. The zero-order valence-electron chi connectivity index (χ0n) is 16.9. The first-order valence-corrected chi connectivity index (χ1v) is 9.82.